The summed E-state index contributed by atoms with van der Waals surface area (Å²) in [5.41, 5.74) is 2.53. The second-order valence-corrected chi connectivity index (χ2v) is 14.6. The van der Waals surface area contributed by atoms with Crippen LogP contribution in [0.25, 0.3) is 0 Å². The summed E-state index contributed by atoms with van der Waals surface area (Å²) in [4.78, 5) is 11.5. The number of esters is 1. The average Bonchev–Trinajstić information content (AvgIpc) is 2.89. The van der Waals surface area contributed by atoms with Crippen LogP contribution in [-0.2, 0) is 9.53 Å². The highest BCUT2D eigenvalue weighted by molar-refractivity contribution is 7.95. The van der Waals surface area contributed by atoms with Crippen LogP contribution in [0.2, 0.25) is 0 Å². The summed E-state index contributed by atoms with van der Waals surface area (Å²) >= 11 is 0. The fraction of sp³-hybridized carbons (Fsp3) is 0.286. The van der Waals surface area contributed by atoms with Crippen LogP contribution in [0.1, 0.15) is 41.0 Å². The highest BCUT2D eigenvalue weighted by Gasteiger charge is 2.44. The maximum absolute atomic E-state index is 11.5. The molecule has 0 N–H and O–H groups in total. The van der Waals surface area contributed by atoms with E-state index in [0.29, 0.717) is 5.92 Å². The van der Waals surface area contributed by atoms with Gasteiger partial charge in [0.2, 0.25) is 0 Å². The lowest BCUT2D eigenvalue weighted by molar-refractivity contribution is -0.145. The number of benzene rings is 3. The van der Waals surface area contributed by atoms with Crippen molar-refractivity contribution in [3.05, 3.63) is 126 Å². The molecule has 1 aliphatic rings. The van der Waals surface area contributed by atoms with Gasteiger partial charge in [-0.15, -0.1) is 0 Å². The van der Waals surface area contributed by atoms with Crippen LogP contribution in [0.4, 0.5) is 0 Å². The van der Waals surface area contributed by atoms with Crippen molar-refractivity contribution in [3.63, 3.8) is 0 Å². The molecule has 196 valence electrons. The predicted molar refractivity (Wildman–Crippen MR) is 164 cm³/mol. The van der Waals surface area contributed by atoms with Gasteiger partial charge in [-0.05, 0) is 74.2 Å². The summed E-state index contributed by atoms with van der Waals surface area (Å²) in [5, 5.41) is 4.19. The first-order valence-electron chi connectivity index (χ1n) is 13.5. The van der Waals surface area contributed by atoms with Crippen LogP contribution < -0.4 is 15.9 Å². The Bertz CT molecular complexity index is 1210. The molecule has 0 spiro atoms. The molecule has 0 fully saturated rings. The Morgan fingerprint density at radius 3 is 1.76 bits per heavy atom. The Balaban J connectivity index is 1.69. The van der Waals surface area contributed by atoms with E-state index in [4.69, 9.17) is 4.74 Å². The molecule has 3 heteroatoms. The molecule has 38 heavy (non-hydrogen) atoms. The Morgan fingerprint density at radius 1 is 0.868 bits per heavy atom. The van der Waals surface area contributed by atoms with E-state index in [1.165, 1.54) is 34.0 Å². The van der Waals surface area contributed by atoms with Gasteiger partial charge in [0.1, 0.15) is 29.3 Å². The quantitative estimate of drug-likeness (QED) is 0.133. The molecular formula is C35H40O2P+. The third kappa shape index (κ3) is 6.25. The average molecular weight is 524 g/mol. The molecule has 0 aliphatic heterocycles. The number of rotatable bonds is 8. The van der Waals surface area contributed by atoms with Crippen LogP contribution in [-0.4, -0.2) is 18.2 Å². The van der Waals surface area contributed by atoms with Crippen LogP contribution in [0.15, 0.2) is 126 Å². The molecule has 3 aromatic carbocycles. The van der Waals surface area contributed by atoms with Crippen molar-refractivity contribution >= 4 is 29.1 Å². The minimum atomic E-state index is -1.89. The van der Waals surface area contributed by atoms with Gasteiger partial charge in [-0.25, -0.2) is 0 Å². The van der Waals surface area contributed by atoms with Crippen LogP contribution in [0.5, 0.6) is 0 Å². The zero-order valence-electron chi connectivity index (χ0n) is 23.3. The molecule has 0 saturated heterocycles. The van der Waals surface area contributed by atoms with Crippen molar-refractivity contribution in [1.29, 1.82) is 0 Å². The van der Waals surface area contributed by atoms with Crippen molar-refractivity contribution in [2.75, 3.05) is 6.16 Å². The molecule has 2 atom stereocenters. The van der Waals surface area contributed by atoms with E-state index in [2.05, 4.69) is 143 Å². The summed E-state index contributed by atoms with van der Waals surface area (Å²) in [7, 11) is -1.89. The first-order valence-corrected chi connectivity index (χ1v) is 15.5. The fourth-order valence-electron chi connectivity index (χ4n) is 5.83. The third-order valence-electron chi connectivity index (χ3n) is 7.66. The Hall–Kier alpha value is -3.22. The zero-order chi connectivity index (χ0) is 27.2. The normalized spacial score (nSPS) is 19.7. The maximum atomic E-state index is 11.5. The Kier molecular flexibility index (Phi) is 8.85. The molecule has 2 nitrogen and oxygen atoms in total. The van der Waals surface area contributed by atoms with E-state index in [-0.39, 0.29) is 17.5 Å². The molecule has 4 rings (SSSR count). The second kappa shape index (κ2) is 12.1. The van der Waals surface area contributed by atoms with Crippen LogP contribution in [0.3, 0.4) is 0 Å². The summed E-state index contributed by atoms with van der Waals surface area (Å²) in [5.74, 6) is 0.0827. The van der Waals surface area contributed by atoms with Gasteiger partial charge >= 0.3 is 5.97 Å². The van der Waals surface area contributed by atoms with Gasteiger partial charge in [0.25, 0.3) is 0 Å². The molecule has 0 bridgehead atoms. The van der Waals surface area contributed by atoms with Crippen molar-refractivity contribution in [2.24, 2.45) is 11.3 Å². The molecule has 3 aromatic rings. The van der Waals surface area contributed by atoms with Gasteiger partial charge in [0.05, 0.1) is 6.16 Å². The zero-order valence-corrected chi connectivity index (χ0v) is 24.2. The topological polar surface area (TPSA) is 26.3 Å². The monoisotopic (exact) mass is 523 g/mol. The van der Waals surface area contributed by atoms with E-state index in [1.54, 1.807) is 0 Å². The molecular weight excluding hydrogens is 483 g/mol. The highest BCUT2D eigenvalue weighted by Crippen LogP contribution is 2.55. The first kappa shape index (κ1) is 27.8. The van der Waals surface area contributed by atoms with Crippen molar-refractivity contribution in [3.8, 4) is 0 Å². The Labute approximate surface area is 229 Å². The lowest BCUT2D eigenvalue weighted by atomic mass is 9.67. The first-order chi connectivity index (χ1) is 18.2. The van der Waals surface area contributed by atoms with Crippen LogP contribution in [0, 0.1) is 11.3 Å². The minimum Gasteiger partial charge on any atom is -0.458 e. The van der Waals surface area contributed by atoms with Crippen molar-refractivity contribution < 1.29 is 9.53 Å². The lowest BCUT2D eigenvalue weighted by Crippen LogP contribution is -2.34. The van der Waals surface area contributed by atoms with E-state index >= 15 is 0 Å². The van der Waals surface area contributed by atoms with E-state index in [0.717, 1.165) is 12.6 Å². The molecule has 0 radical (unpaired) electrons. The number of carbonyl (C=O) groups excluding carboxylic acids is 1. The number of allylic oxidation sites excluding steroid dienone is 5. The van der Waals surface area contributed by atoms with Gasteiger partial charge in [0.15, 0.2) is 0 Å². The van der Waals surface area contributed by atoms with E-state index in [1.807, 2.05) is 0 Å². The maximum Gasteiger partial charge on any atom is 0.303 e. The highest BCUT2D eigenvalue weighted by atomic mass is 31.2. The van der Waals surface area contributed by atoms with Gasteiger partial charge < -0.3 is 4.74 Å². The molecule has 0 amide bonds. The number of ether oxygens (including phenoxy) is 1. The fourth-order valence-corrected chi connectivity index (χ4v) is 9.96. The van der Waals surface area contributed by atoms with Crippen molar-refractivity contribution in [1.82, 2.24) is 0 Å². The molecule has 1 aliphatic carbocycles. The van der Waals surface area contributed by atoms with E-state index < -0.39 is 7.26 Å². The smallest absolute Gasteiger partial charge is 0.303 e. The Morgan fingerprint density at radius 2 is 1.34 bits per heavy atom. The predicted octanol–water partition coefficient (Wildman–Crippen LogP) is 7.41. The second-order valence-electron chi connectivity index (χ2n) is 11.0. The largest absolute Gasteiger partial charge is 0.458 e. The standard InChI is InChI=1S/C35H40O2P/c1-27(21-22-34-28(2)25-30(37-29(3)36)26-35(34,4)5)23-24-38(31-15-9-6-10-16-31,32-17-11-7-12-18-32)33-19-13-8-14-20-33/h6-23,25,30,34H,24,26H2,1-5H3/q+1/b22-21+,27-23+/t30-,34-/m0/s1. The van der Waals surface area contributed by atoms with Crippen LogP contribution >= 0.6 is 7.26 Å². The molecule has 0 aromatic heterocycles. The lowest BCUT2D eigenvalue weighted by Gasteiger charge is -2.39. The summed E-state index contributed by atoms with van der Waals surface area (Å²) in [6.07, 6.45) is 10.8. The molecule has 0 saturated carbocycles. The minimum absolute atomic E-state index is 0.00457. The van der Waals surface area contributed by atoms with Gasteiger partial charge in [-0.3, -0.25) is 4.79 Å². The SMILES string of the molecule is CC(=O)O[C@H]1C=C(C)[C@H](/C=C/C(C)=C/C[P+](c2ccccc2)(c2ccccc2)c2ccccc2)C(C)(C)C1. The van der Waals surface area contributed by atoms with Crippen molar-refractivity contribution in [2.45, 2.75) is 47.1 Å². The van der Waals surface area contributed by atoms with Gasteiger partial charge in [0, 0.05) is 12.8 Å². The summed E-state index contributed by atoms with van der Waals surface area (Å²) in [6, 6.07) is 33.1. The van der Waals surface area contributed by atoms with E-state index in [9.17, 15) is 4.79 Å². The molecule has 0 unspecified atom stereocenters. The number of carbonyl (C=O) groups is 1. The summed E-state index contributed by atoms with van der Waals surface area (Å²) in [6.45, 7) is 10.4. The number of hydrogen-bond donors (Lipinski definition) is 0. The number of hydrogen-bond acceptors (Lipinski definition) is 2. The van der Waals surface area contributed by atoms with Gasteiger partial charge in [-0.1, -0.05) is 91.7 Å². The summed E-state index contributed by atoms with van der Waals surface area (Å²) < 4.78 is 5.53. The molecule has 0 heterocycles. The van der Waals surface area contributed by atoms with Gasteiger partial charge in [-0.2, -0.15) is 0 Å². The third-order valence-corrected chi connectivity index (χ3v) is 11.9.